The van der Waals surface area contributed by atoms with Crippen LogP contribution < -0.4 is 9.47 Å². The molecule has 0 unspecified atom stereocenters. The fourth-order valence-corrected chi connectivity index (χ4v) is 4.71. The lowest BCUT2D eigenvalue weighted by atomic mass is 9.79. The van der Waals surface area contributed by atoms with Gasteiger partial charge < -0.3 is 9.47 Å². The summed E-state index contributed by atoms with van der Waals surface area (Å²) in [5.74, 6) is -0.137. The van der Waals surface area contributed by atoms with Gasteiger partial charge in [-0.15, -0.1) is 0 Å². The van der Waals surface area contributed by atoms with Crippen molar-refractivity contribution >= 4 is 6.08 Å². The Bertz CT molecular complexity index is 942. The minimum absolute atomic E-state index is 0.0443. The third-order valence-corrected chi connectivity index (χ3v) is 6.71. The summed E-state index contributed by atoms with van der Waals surface area (Å²) in [6.45, 7) is 4.55. The molecule has 1 saturated carbocycles. The molecular weight excluding hydrogens is 456 g/mol. The third-order valence-electron chi connectivity index (χ3n) is 6.71. The van der Waals surface area contributed by atoms with E-state index in [4.69, 9.17) is 9.47 Å². The molecule has 192 valence electrons. The molecule has 0 saturated heterocycles. The second-order valence-electron chi connectivity index (χ2n) is 9.34. The lowest BCUT2D eigenvalue weighted by molar-refractivity contribution is -0.140. The first-order chi connectivity index (χ1) is 16.8. The zero-order chi connectivity index (χ0) is 25.3. The van der Waals surface area contributed by atoms with Crippen molar-refractivity contribution in [1.29, 1.82) is 0 Å². The fourth-order valence-electron chi connectivity index (χ4n) is 4.71. The maximum atomic E-state index is 15.0. The third kappa shape index (κ3) is 8.01. The lowest BCUT2D eigenvalue weighted by Gasteiger charge is -2.26. The Labute approximate surface area is 206 Å². The molecule has 0 N–H and O–H groups in total. The van der Waals surface area contributed by atoms with E-state index in [9.17, 15) is 17.6 Å². The van der Waals surface area contributed by atoms with Gasteiger partial charge in [-0.2, -0.15) is 13.2 Å². The largest absolute Gasteiger partial charge is 0.494 e. The number of hydrogen-bond acceptors (Lipinski definition) is 2. The first-order valence-corrected chi connectivity index (χ1v) is 12.7. The molecule has 1 aliphatic rings. The van der Waals surface area contributed by atoms with Crippen LogP contribution in [0.4, 0.5) is 17.6 Å². The van der Waals surface area contributed by atoms with Crippen LogP contribution in [-0.2, 0) is 12.8 Å². The molecule has 0 amide bonds. The normalized spacial score (nSPS) is 18.7. The molecule has 0 spiro atoms. The van der Waals surface area contributed by atoms with Crippen LogP contribution in [0.2, 0.25) is 0 Å². The molecule has 1 fully saturated rings. The van der Waals surface area contributed by atoms with Crippen molar-refractivity contribution in [3.8, 4) is 11.5 Å². The smallest absolute Gasteiger partial charge is 0.419 e. The monoisotopic (exact) mass is 492 g/mol. The quantitative estimate of drug-likeness (QED) is 0.230. The molecule has 2 aromatic rings. The Morgan fingerprint density at radius 3 is 2.26 bits per heavy atom. The summed E-state index contributed by atoms with van der Waals surface area (Å²) >= 11 is 0. The van der Waals surface area contributed by atoms with E-state index in [0.29, 0.717) is 17.9 Å². The van der Waals surface area contributed by atoms with Crippen molar-refractivity contribution in [3.63, 3.8) is 0 Å². The van der Waals surface area contributed by atoms with Crippen LogP contribution in [0, 0.1) is 17.7 Å². The molecule has 0 heterocycles. The first kappa shape index (κ1) is 27.1. The van der Waals surface area contributed by atoms with Crippen molar-refractivity contribution in [1.82, 2.24) is 0 Å². The average molecular weight is 493 g/mol. The van der Waals surface area contributed by atoms with Crippen LogP contribution in [0.5, 0.6) is 11.5 Å². The molecular formula is C29H36F4O2. The predicted octanol–water partition coefficient (Wildman–Crippen LogP) is 9.22. The molecule has 0 aliphatic heterocycles. The van der Waals surface area contributed by atoms with Crippen LogP contribution in [-0.4, -0.2) is 6.61 Å². The standard InChI is InChI=1S/C29H36F4O2/c1-3-5-6-7-21-8-10-22(11-9-21)12-15-24-16-19-26(28(30)27(24)29(31,32)33)35-20-23-13-17-25(18-14-23)34-4-2/h12-19,21-22H,3-11,20H2,1-2H3. The molecule has 0 aromatic heterocycles. The summed E-state index contributed by atoms with van der Waals surface area (Å²) in [7, 11) is 0. The highest BCUT2D eigenvalue weighted by atomic mass is 19.4. The van der Waals surface area contributed by atoms with Crippen molar-refractivity contribution < 1.29 is 27.0 Å². The van der Waals surface area contributed by atoms with E-state index < -0.39 is 23.3 Å². The molecule has 2 nitrogen and oxygen atoms in total. The average Bonchev–Trinajstić information content (AvgIpc) is 2.83. The van der Waals surface area contributed by atoms with E-state index in [1.54, 1.807) is 24.3 Å². The first-order valence-electron chi connectivity index (χ1n) is 12.7. The number of halogens is 4. The molecule has 35 heavy (non-hydrogen) atoms. The highest BCUT2D eigenvalue weighted by molar-refractivity contribution is 5.57. The van der Waals surface area contributed by atoms with E-state index in [0.717, 1.165) is 31.6 Å². The Balaban J connectivity index is 1.66. The van der Waals surface area contributed by atoms with E-state index in [2.05, 4.69) is 6.92 Å². The van der Waals surface area contributed by atoms with Gasteiger partial charge in [-0.1, -0.05) is 63.0 Å². The minimum Gasteiger partial charge on any atom is -0.494 e. The maximum absolute atomic E-state index is 15.0. The van der Waals surface area contributed by atoms with E-state index in [-0.39, 0.29) is 18.1 Å². The summed E-state index contributed by atoms with van der Waals surface area (Å²) in [4.78, 5) is 0. The molecule has 3 rings (SSSR count). The van der Waals surface area contributed by atoms with Crippen molar-refractivity contribution in [2.45, 2.75) is 78.0 Å². The number of ether oxygens (including phenoxy) is 2. The van der Waals surface area contributed by atoms with Gasteiger partial charge in [0.15, 0.2) is 11.6 Å². The summed E-state index contributed by atoms with van der Waals surface area (Å²) in [5.41, 5.74) is -0.727. The van der Waals surface area contributed by atoms with Gasteiger partial charge in [0.05, 0.1) is 6.61 Å². The van der Waals surface area contributed by atoms with Gasteiger partial charge in [0.25, 0.3) is 0 Å². The van der Waals surface area contributed by atoms with E-state index in [1.807, 2.05) is 13.0 Å². The predicted molar refractivity (Wildman–Crippen MR) is 132 cm³/mol. The fraction of sp³-hybridized carbons (Fsp3) is 0.517. The Hall–Kier alpha value is -2.50. The lowest BCUT2D eigenvalue weighted by Crippen LogP contribution is -2.14. The van der Waals surface area contributed by atoms with Gasteiger partial charge in [-0.3, -0.25) is 0 Å². The second-order valence-corrected chi connectivity index (χ2v) is 9.34. The van der Waals surface area contributed by atoms with Gasteiger partial charge >= 0.3 is 6.18 Å². The van der Waals surface area contributed by atoms with E-state index in [1.165, 1.54) is 43.9 Å². The number of rotatable bonds is 11. The molecule has 0 radical (unpaired) electrons. The summed E-state index contributed by atoms with van der Waals surface area (Å²) in [6.07, 6.45) is 7.56. The summed E-state index contributed by atoms with van der Waals surface area (Å²) < 4.78 is 67.1. The molecule has 0 bridgehead atoms. The number of unbranched alkanes of at least 4 members (excludes halogenated alkanes) is 2. The highest BCUT2D eigenvalue weighted by Crippen LogP contribution is 2.39. The van der Waals surface area contributed by atoms with Gasteiger partial charge in [0, 0.05) is 0 Å². The maximum Gasteiger partial charge on any atom is 0.419 e. The molecule has 6 heteroatoms. The highest BCUT2D eigenvalue weighted by Gasteiger charge is 2.38. The number of benzene rings is 2. The summed E-state index contributed by atoms with van der Waals surface area (Å²) in [5, 5.41) is 0. The van der Waals surface area contributed by atoms with Gasteiger partial charge in [-0.25, -0.2) is 4.39 Å². The Morgan fingerprint density at radius 1 is 0.914 bits per heavy atom. The number of hydrogen-bond donors (Lipinski definition) is 0. The van der Waals surface area contributed by atoms with Crippen molar-refractivity contribution in [2.24, 2.45) is 11.8 Å². The van der Waals surface area contributed by atoms with Gasteiger partial charge in [0.1, 0.15) is 17.9 Å². The van der Waals surface area contributed by atoms with Crippen LogP contribution in [0.15, 0.2) is 42.5 Å². The summed E-state index contributed by atoms with van der Waals surface area (Å²) in [6, 6.07) is 9.54. The van der Waals surface area contributed by atoms with Crippen molar-refractivity contribution in [2.75, 3.05) is 6.61 Å². The zero-order valence-electron chi connectivity index (χ0n) is 20.7. The van der Waals surface area contributed by atoms with Crippen LogP contribution in [0.3, 0.4) is 0 Å². The second kappa shape index (κ2) is 13.0. The Morgan fingerprint density at radius 2 is 1.63 bits per heavy atom. The van der Waals surface area contributed by atoms with Gasteiger partial charge in [0.2, 0.25) is 0 Å². The van der Waals surface area contributed by atoms with Gasteiger partial charge in [-0.05, 0) is 73.8 Å². The molecule has 0 atom stereocenters. The zero-order valence-corrected chi connectivity index (χ0v) is 20.7. The van der Waals surface area contributed by atoms with Crippen LogP contribution in [0.1, 0.15) is 81.9 Å². The van der Waals surface area contributed by atoms with Crippen molar-refractivity contribution in [3.05, 3.63) is 65.0 Å². The topological polar surface area (TPSA) is 18.5 Å². The number of allylic oxidation sites excluding steroid dienone is 1. The van der Waals surface area contributed by atoms with Crippen LogP contribution >= 0.6 is 0 Å². The minimum atomic E-state index is -4.82. The SMILES string of the molecule is CCCCCC1CCC(C=Cc2ccc(OCc3ccc(OCC)cc3)c(F)c2C(F)(F)F)CC1. The Kier molecular flexibility index (Phi) is 10.1. The molecule has 2 aromatic carbocycles. The van der Waals surface area contributed by atoms with E-state index >= 15 is 0 Å². The number of alkyl halides is 3. The molecule has 1 aliphatic carbocycles. The van der Waals surface area contributed by atoms with Crippen LogP contribution in [0.25, 0.3) is 6.08 Å².